The van der Waals surface area contributed by atoms with E-state index in [0.717, 1.165) is 32.1 Å². The fourth-order valence-corrected chi connectivity index (χ4v) is 8.57. The van der Waals surface area contributed by atoms with Crippen LogP contribution in [0.3, 0.4) is 0 Å². The Hall–Kier alpha value is -4.23. The van der Waals surface area contributed by atoms with Crippen molar-refractivity contribution < 1.29 is 82.3 Å². The van der Waals surface area contributed by atoms with Crippen molar-refractivity contribution in [1.29, 1.82) is 0 Å². The fraction of sp³-hybridized carbons (Fsp3) is 0.681. The molecule has 0 amide bonds. The summed E-state index contributed by atoms with van der Waals surface area (Å²) >= 11 is 0. The van der Waals surface area contributed by atoms with Crippen molar-refractivity contribution in [3.8, 4) is 0 Å². The largest absolute Gasteiger partial charge is 0.466 e. The number of fused-ring (bicyclic) bond motifs is 6. The molecule has 0 aromatic carbocycles. The lowest BCUT2D eigenvalue weighted by Crippen LogP contribution is -2.62. The van der Waals surface area contributed by atoms with Crippen molar-refractivity contribution >= 4 is 29.8 Å². The third-order valence-electron chi connectivity index (χ3n) is 12.4. The number of aliphatic hydroxyl groups is 4. The number of carbonyl (C=O) groups excluding carboxylic acids is 5. The molecule has 0 aromatic rings. The summed E-state index contributed by atoms with van der Waals surface area (Å²) in [6.45, 7) is 11.2. The predicted molar refractivity (Wildman–Crippen MR) is 228 cm³/mol. The number of carbonyl (C=O) groups is 5. The van der Waals surface area contributed by atoms with Gasteiger partial charge in [0.05, 0.1) is 62.7 Å². The zero-order valence-electron chi connectivity index (χ0n) is 38.5. The minimum atomic E-state index is -2.47. The van der Waals surface area contributed by atoms with E-state index in [-0.39, 0.29) is 50.5 Å². The highest BCUT2D eigenvalue weighted by molar-refractivity contribution is 5.85. The summed E-state index contributed by atoms with van der Waals surface area (Å²) in [4.78, 5) is 64.7. The van der Waals surface area contributed by atoms with Crippen LogP contribution in [0.1, 0.15) is 113 Å². The van der Waals surface area contributed by atoms with Gasteiger partial charge < -0.3 is 58.3 Å². The second-order valence-corrected chi connectivity index (χ2v) is 18.3. The summed E-state index contributed by atoms with van der Waals surface area (Å²) in [7, 11) is 2.40. The van der Waals surface area contributed by atoms with E-state index in [1.165, 1.54) is 33.1 Å². The number of ether oxygens (including phenoxy) is 8. The van der Waals surface area contributed by atoms with E-state index in [2.05, 4.69) is 0 Å². The molecular formula is C47H68O17. The van der Waals surface area contributed by atoms with Crippen LogP contribution in [0.5, 0.6) is 0 Å². The zero-order valence-corrected chi connectivity index (χ0v) is 38.5. The molecule has 3 saturated heterocycles. The van der Waals surface area contributed by atoms with Crippen LogP contribution in [-0.4, -0.2) is 131 Å². The highest BCUT2D eigenvalue weighted by Gasteiger charge is 2.59. The van der Waals surface area contributed by atoms with Crippen molar-refractivity contribution in [2.75, 3.05) is 14.2 Å². The van der Waals surface area contributed by atoms with Crippen LogP contribution in [0.2, 0.25) is 0 Å². The molecule has 358 valence electrons. The first kappa shape index (κ1) is 52.4. The lowest BCUT2D eigenvalue weighted by atomic mass is 9.70. The highest BCUT2D eigenvalue weighted by Crippen LogP contribution is 2.50. The number of esters is 5. The summed E-state index contributed by atoms with van der Waals surface area (Å²) in [5.74, 6) is -8.31. The number of rotatable bonds is 9. The van der Waals surface area contributed by atoms with Crippen molar-refractivity contribution in [1.82, 2.24) is 0 Å². The van der Waals surface area contributed by atoms with Crippen LogP contribution in [0.15, 0.2) is 59.8 Å². The minimum absolute atomic E-state index is 0.0721. The number of hydrogen-bond acceptors (Lipinski definition) is 17. The van der Waals surface area contributed by atoms with E-state index in [4.69, 9.17) is 37.9 Å². The van der Waals surface area contributed by atoms with Crippen LogP contribution >= 0.6 is 0 Å². The van der Waals surface area contributed by atoms with Crippen LogP contribution < -0.4 is 0 Å². The first-order valence-corrected chi connectivity index (χ1v) is 21.9. The summed E-state index contributed by atoms with van der Waals surface area (Å²) in [6.07, 6.45) is 2.55. The van der Waals surface area contributed by atoms with Gasteiger partial charge in [0.15, 0.2) is 11.9 Å². The molecule has 11 atom stereocenters. The molecule has 17 nitrogen and oxygen atoms in total. The lowest BCUT2D eigenvalue weighted by Gasteiger charge is -2.53. The summed E-state index contributed by atoms with van der Waals surface area (Å²) < 4.78 is 46.7. The van der Waals surface area contributed by atoms with E-state index >= 15 is 0 Å². The average Bonchev–Trinajstić information content (AvgIpc) is 3.19. The van der Waals surface area contributed by atoms with E-state index < -0.39 is 114 Å². The van der Waals surface area contributed by atoms with Gasteiger partial charge in [-0.05, 0) is 38.2 Å². The van der Waals surface area contributed by atoms with Crippen LogP contribution in [0.4, 0.5) is 0 Å². The van der Waals surface area contributed by atoms with Gasteiger partial charge in [-0.25, -0.2) is 14.4 Å². The minimum Gasteiger partial charge on any atom is -0.466 e. The molecule has 4 aliphatic rings. The fourth-order valence-electron chi connectivity index (χ4n) is 8.57. The molecule has 6 bridgehead atoms. The number of cyclic esters (lactones) is 1. The van der Waals surface area contributed by atoms with Crippen molar-refractivity contribution in [2.45, 2.75) is 179 Å². The Morgan fingerprint density at radius 2 is 1.56 bits per heavy atom. The first-order valence-electron chi connectivity index (χ1n) is 21.9. The summed E-state index contributed by atoms with van der Waals surface area (Å²) in [5.41, 5.74) is -2.06. The molecule has 4 heterocycles. The topological polar surface area (TPSA) is 240 Å². The van der Waals surface area contributed by atoms with Crippen LogP contribution in [0, 0.1) is 10.8 Å². The quantitative estimate of drug-likeness (QED) is 0.0830. The van der Waals surface area contributed by atoms with Gasteiger partial charge in [0, 0.05) is 56.3 Å². The molecule has 0 spiro atoms. The second-order valence-electron chi connectivity index (χ2n) is 18.3. The van der Waals surface area contributed by atoms with E-state index in [1.54, 1.807) is 45.9 Å². The van der Waals surface area contributed by atoms with Gasteiger partial charge in [0.1, 0.15) is 12.2 Å². The van der Waals surface area contributed by atoms with Gasteiger partial charge in [-0.3, -0.25) is 9.59 Å². The number of hydrogen-bond donors (Lipinski definition) is 4. The van der Waals surface area contributed by atoms with Crippen LogP contribution in [-0.2, 0) is 61.9 Å². The van der Waals surface area contributed by atoms with E-state index in [0.29, 0.717) is 5.57 Å². The van der Waals surface area contributed by atoms with Gasteiger partial charge in [-0.15, -0.1) is 0 Å². The monoisotopic (exact) mass is 904 g/mol. The van der Waals surface area contributed by atoms with E-state index in [1.807, 2.05) is 13.0 Å². The Kier molecular flexibility index (Phi) is 18.3. The molecule has 0 saturated carbocycles. The van der Waals surface area contributed by atoms with E-state index in [9.17, 15) is 44.4 Å². The Balaban J connectivity index is 1.89. The maximum Gasteiger partial charge on any atom is 0.331 e. The molecule has 4 N–H and O–H groups in total. The number of allylic oxidation sites excluding steroid dienone is 3. The van der Waals surface area contributed by atoms with Crippen molar-refractivity contribution in [3.63, 3.8) is 0 Å². The summed E-state index contributed by atoms with van der Waals surface area (Å²) in [5, 5.41) is 47.5. The van der Waals surface area contributed by atoms with Gasteiger partial charge in [0.25, 0.3) is 0 Å². The smallest absolute Gasteiger partial charge is 0.331 e. The molecule has 3 fully saturated rings. The predicted octanol–water partition coefficient (Wildman–Crippen LogP) is 4.28. The van der Waals surface area contributed by atoms with Gasteiger partial charge in [-0.1, -0.05) is 77.0 Å². The third kappa shape index (κ3) is 13.4. The number of aliphatic hydroxyl groups excluding tert-OH is 2. The highest BCUT2D eigenvalue weighted by atomic mass is 16.7. The van der Waals surface area contributed by atoms with Gasteiger partial charge >= 0.3 is 29.8 Å². The van der Waals surface area contributed by atoms with Gasteiger partial charge in [0.2, 0.25) is 5.79 Å². The molecule has 0 radical (unpaired) electrons. The molecule has 4 rings (SSSR count). The maximum absolute atomic E-state index is 13.4. The van der Waals surface area contributed by atoms with Crippen LogP contribution in [0.25, 0.3) is 0 Å². The van der Waals surface area contributed by atoms with Crippen molar-refractivity contribution in [3.05, 3.63) is 59.8 Å². The Morgan fingerprint density at radius 3 is 2.20 bits per heavy atom. The first-order chi connectivity index (χ1) is 29.9. The Labute approximate surface area is 375 Å². The van der Waals surface area contributed by atoms with Crippen molar-refractivity contribution in [2.24, 2.45) is 10.8 Å². The molecule has 2 unspecified atom stereocenters. The molecule has 17 heteroatoms. The normalized spacial score (nSPS) is 35.8. The SMILES string of the molecule is CCC/C=C/C=C/C(=O)O[C@H]1/C(=C/C(=O)OC)C[C@H]2C[C@H]([C@@H](C)O)OC(=O)C[C@H](O)CC3C[C@@H](OC(C)=O)C(C)(C)C(O)(C[C@@H]4C/C(=C/C(=O)OC)C[C@H](/C=C/C(C)(C)[C@]1(O)O2)O4)O3. The molecule has 0 aromatic heterocycles. The third-order valence-corrected chi connectivity index (χ3v) is 12.4. The molecule has 64 heavy (non-hydrogen) atoms. The zero-order chi connectivity index (χ0) is 47.6. The second kappa shape index (κ2) is 22.3. The maximum atomic E-state index is 13.4. The Morgan fingerprint density at radius 1 is 0.875 bits per heavy atom. The number of methoxy groups -OCH3 is 2. The number of unbranched alkanes of at least 4 members (excludes halogenated alkanes) is 1. The lowest BCUT2D eigenvalue weighted by molar-refractivity contribution is -0.348. The van der Waals surface area contributed by atoms with Gasteiger partial charge in [-0.2, -0.15) is 0 Å². The molecule has 4 aliphatic heterocycles. The average molecular weight is 905 g/mol. The standard InChI is InChI=1S/C47H68O17/c1-10-11-12-13-14-15-39(51)62-43-31(22-41(53)58-9)21-34-25-37(28(2)48)61-42(54)24-32(50)23-35-26-38(59-29(3)49)45(6,7)46(55,63-35)27-36-19-30(20-40(52)57-8)18-33(60-36)16-17-44(4,5)47(43,56)64-34/h12-17,20,22,28,32-38,43,48,50,55-56H,10-11,18-19,21,23-27H2,1-9H3/b13-12+,15-14+,17-16+,30-20+,31-22+/t28-,32-,33+,34+,35?,36+,37-,38-,43+,46?,47-/m1/s1. The molecular weight excluding hydrogens is 836 g/mol. The summed E-state index contributed by atoms with van der Waals surface area (Å²) in [6, 6.07) is 0. The molecule has 0 aliphatic carbocycles. The Bertz CT molecular complexity index is 1830.